The van der Waals surface area contributed by atoms with Gasteiger partial charge in [0.05, 0.1) is 5.52 Å². The Morgan fingerprint density at radius 3 is 2.50 bits per heavy atom. The van der Waals surface area contributed by atoms with E-state index in [1.54, 1.807) is 12.1 Å². The van der Waals surface area contributed by atoms with Crippen molar-refractivity contribution in [3.63, 3.8) is 0 Å². The highest BCUT2D eigenvalue weighted by Gasteiger charge is 2.08. The van der Waals surface area contributed by atoms with Gasteiger partial charge in [-0.1, -0.05) is 17.7 Å². The molecule has 0 N–H and O–H groups in total. The lowest BCUT2D eigenvalue weighted by atomic mass is 10.2. The molecule has 0 saturated heterocycles. The van der Waals surface area contributed by atoms with Crippen LogP contribution in [0.1, 0.15) is 5.56 Å². The van der Waals surface area contributed by atoms with Gasteiger partial charge in [-0.15, -0.1) is 0 Å². The molecule has 2 aromatic carbocycles. The average Bonchev–Trinajstić information content (AvgIpc) is 2.68. The molecule has 1 heterocycles. The molecule has 1 aromatic heterocycles. The second-order valence-corrected chi connectivity index (χ2v) is 5.20. The molecule has 3 aromatic rings. The monoisotopic (exact) mass is 303 g/mol. The highest BCUT2D eigenvalue weighted by atomic mass is 79.9. The van der Waals surface area contributed by atoms with E-state index in [1.165, 1.54) is 11.6 Å². The van der Waals surface area contributed by atoms with Crippen LogP contribution in [-0.2, 0) is 0 Å². The molecular formula is C15H11BrFN. The molecule has 0 saturated carbocycles. The van der Waals surface area contributed by atoms with Crippen LogP contribution in [0.4, 0.5) is 4.39 Å². The second-order valence-electron chi connectivity index (χ2n) is 4.34. The molecule has 0 aliphatic heterocycles. The van der Waals surface area contributed by atoms with Crippen LogP contribution in [0.2, 0.25) is 0 Å². The van der Waals surface area contributed by atoms with Crippen LogP contribution in [0.25, 0.3) is 16.6 Å². The third-order valence-corrected chi connectivity index (χ3v) is 3.66. The molecule has 0 amide bonds. The Labute approximate surface area is 113 Å². The van der Waals surface area contributed by atoms with Gasteiger partial charge in [0.15, 0.2) is 0 Å². The van der Waals surface area contributed by atoms with Gasteiger partial charge in [-0.25, -0.2) is 4.39 Å². The van der Waals surface area contributed by atoms with Crippen LogP contribution < -0.4 is 0 Å². The van der Waals surface area contributed by atoms with Gasteiger partial charge < -0.3 is 4.57 Å². The molecule has 0 bridgehead atoms. The van der Waals surface area contributed by atoms with E-state index in [4.69, 9.17) is 0 Å². The summed E-state index contributed by atoms with van der Waals surface area (Å²) >= 11 is 3.48. The molecule has 0 unspecified atom stereocenters. The molecule has 18 heavy (non-hydrogen) atoms. The first-order chi connectivity index (χ1) is 8.65. The fraction of sp³-hybridized carbons (Fsp3) is 0.0667. The summed E-state index contributed by atoms with van der Waals surface area (Å²) in [5.74, 6) is -0.218. The molecule has 1 nitrogen and oxygen atoms in total. The summed E-state index contributed by atoms with van der Waals surface area (Å²) in [5.41, 5.74) is 3.29. The van der Waals surface area contributed by atoms with Gasteiger partial charge in [-0.05, 0) is 53.2 Å². The van der Waals surface area contributed by atoms with Crippen molar-refractivity contribution in [3.05, 3.63) is 64.5 Å². The van der Waals surface area contributed by atoms with Gasteiger partial charge in [0.2, 0.25) is 0 Å². The molecule has 90 valence electrons. The minimum Gasteiger partial charge on any atom is -0.315 e. The van der Waals surface area contributed by atoms with E-state index in [2.05, 4.69) is 51.7 Å². The van der Waals surface area contributed by atoms with Gasteiger partial charge in [-0.3, -0.25) is 0 Å². The number of nitrogens with zero attached hydrogens (tertiary/aromatic N) is 1. The number of hydrogen-bond acceptors (Lipinski definition) is 0. The van der Waals surface area contributed by atoms with Crippen molar-refractivity contribution in [2.45, 2.75) is 6.92 Å². The number of halogens is 2. The normalized spacial score (nSPS) is 11.1. The average molecular weight is 304 g/mol. The molecule has 3 rings (SSSR count). The zero-order valence-electron chi connectivity index (χ0n) is 9.82. The summed E-state index contributed by atoms with van der Waals surface area (Å²) in [5, 5.41) is 0.885. The van der Waals surface area contributed by atoms with Gasteiger partial charge in [-0.2, -0.15) is 0 Å². The Hall–Kier alpha value is -1.61. The van der Waals surface area contributed by atoms with Crippen LogP contribution in [-0.4, -0.2) is 4.57 Å². The first kappa shape index (κ1) is 11.5. The van der Waals surface area contributed by atoms with Gasteiger partial charge in [0, 0.05) is 21.7 Å². The Morgan fingerprint density at radius 2 is 1.78 bits per heavy atom. The first-order valence-corrected chi connectivity index (χ1v) is 6.47. The van der Waals surface area contributed by atoms with E-state index in [1.807, 2.05) is 6.20 Å². The summed E-state index contributed by atoms with van der Waals surface area (Å²) < 4.78 is 16.2. The number of rotatable bonds is 1. The summed E-state index contributed by atoms with van der Waals surface area (Å²) in [4.78, 5) is 0. The fourth-order valence-electron chi connectivity index (χ4n) is 2.08. The lowest BCUT2D eigenvalue weighted by molar-refractivity contribution is 0.629. The number of benzene rings is 2. The standard InChI is InChI=1S/C15H11BrFN/c1-10-2-5-12(6-3-10)18-9-14(16)13-8-11(17)4-7-15(13)18/h2-9H,1H3. The van der Waals surface area contributed by atoms with Crippen molar-refractivity contribution in [3.8, 4) is 5.69 Å². The number of aromatic nitrogens is 1. The highest BCUT2D eigenvalue weighted by Crippen LogP contribution is 2.29. The van der Waals surface area contributed by atoms with Crippen molar-refractivity contribution < 1.29 is 4.39 Å². The lowest BCUT2D eigenvalue weighted by Crippen LogP contribution is -1.91. The predicted octanol–water partition coefficient (Wildman–Crippen LogP) is 4.84. The van der Waals surface area contributed by atoms with Crippen LogP contribution in [0, 0.1) is 12.7 Å². The minimum absolute atomic E-state index is 0.218. The van der Waals surface area contributed by atoms with Gasteiger partial charge >= 0.3 is 0 Å². The number of fused-ring (bicyclic) bond motifs is 1. The maximum atomic E-state index is 13.3. The Balaban J connectivity index is 2.26. The molecule has 0 aliphatic carbocycles. The largest absolute Gasteiger partial charge is 0.315 e. The van der Waals surface area contributed by atoms with E-state index in [0.717, 1.165) is 21.1 Å². The van der Waals surface area contributed by atoms with Crippen molar-refractivity contribution in [2.75, 3.05) is 0 Å². The van der Waals surface area contributed by atoms with Crippen molar-refractivity contribution in [1.29, 1.82) is 0 Å². The highest BCUT2D eigenvalue weighted by molar-refractivity contribution is 9.10. The molecule has 3 heteroatoms. The van der Waals surface area contributed by atoms with Crippen LogP contribution in [0.15, 0.2) is 53.1 Å². The van der Waals surface area contributed by atoms with Crippen LogP contribution >= 0.6 is 15.9 Å². The Kier molecular flexibility index (Phi) is 2.71. The summed E-state index contributed by atoms with van der Waals surface area (Å²) in [7, 11) is 0. The van der Waals surface area contributed by atoms with E-state index >= 15 is 0 Å². The number of aryl methyl sites for hydroxylation is 1. The van der Waals surface area contributed by atoms with E-state index in [0.29, 0.717) is 0 Å². The summed E-state index contributed by atoms with van der Waals surface area (Å²) in [6.45, 7) is 2.06. The zero-order chi connectivity index (χ0) is 12.7. The quantitative estimate of drug-likeness (QED) is 0.606. The molecule has 0 spiro atoms. The maximum Gasteiger partial charge on any atom is 0.123 e. The van der Waals surface area contributed by atoms with Gasteiger partial charge in [0.1, 0.15) is 5.82 Å². The Morgan fingerprint density at radius 1 is 1.06 bits per heavy atom. The first-order valence-electron chi connectivity index (χ1n) is 5.68. The van der Waals surface area contributed by atoms with Crippen molar-refractivity contribution >= 4 is 26.8 Å². The fourth-order valence-corrected chi connectivity index (χ4v) is 2.60. The molecular weight excluding hydrogens is 293 g/mol. The van der Waals surface area contributed by atoms with Crippen molar-refractivity contribution in [1.82, 2.24) is 4.57 Å². The van der Waals surface area contributed by atoms with Gasteiger partial charge in [0.25, 0.3) is 0 Å². The zero-order valence-corrected chi connectivity index (χ0v) is 11.4. The summed E-state index contributed by atoms with van der Waals surface area (Å²) in [6, 6.07) is 13.1. The van der Waals surface area contributed by atoms with Crippen LogP contribution in [0.5, 0.6) is 0 Å². The second kappa shape index (κ2) is 4.25. The molecule has 0 aliphatic rings. The van der Waals surface area contributed by atoms with E-state index < -0.39 is 0 Å². The lowest BCUT2D eigenvalue weighted by Gasteiger charge is -2.05. The summed E-state index contributed by atoms with van der Waals surface area (Å²) in [6.07, 6.45) is 1.97. The third-order valence-electron chi connectivity index (χ3n) is 3.03. The van der Waals surface area contributed by atoms with Crippen molar-refractivity contribution in [2.24, 2.45) is 0 Å². The molecule has 0 atom stereocenters. The van der Waals surface area contributed by atoms with E-state index in [9.17, 15) is 4.39 Å². The van der Waals surface area contributed by atoms with Crippen LogP contribution in [0.3, 0.4) is 0 Å². The smallest absolute Gasteiger partial charge is 0.123 e. The molecule has 0 radical (unpaired) electrons. The van der Waals surface area contributed by atoms with E-state index in [-0.39, 0.29) is 5.82 Å². The minimum atomic E-state index is -0.218. The third kappa shape index (κ3) is 1.85. The molecule has 0 fully saturated rings. The predicted molar refractivity (Wildman–Crippen MR) is 75.7 cm³/mol. The SMILES string of the molecule is Cc1ccc(-n2cc(Br)c3cc(F)ccc32)cc1. The Bertz CT molecular complexity index is 713. The number of hydrogen-bond donors (Lipinski definition) is 0. The maximum absolute atomic E-state index is 13.3. The topological polar surface area (TPSA) is 4.93 Å².